The SMILES string of the molecule is CCCCN(CC)Cc1ccc(-c2nc3ccccc3c(=O)[nH]2)cc1. The Morgan fingerprint density at radius 3 is 2.52 bits per heavy atom. The van der Waals surface area contributed by atoms with Crippen molar-refractivity contribution >= 4 is 10.9 Å². The molecule has 0 unspecified atom stereocenters. The third kappa shape index (κ3) is 4.15. The summed E-state index contributed by atoms with van der Waals surface area (Å²) in [7, 11) is 0. The number of para-hydroxylation sites is 1. The molecule has 1 heterocycles. The van der Waals surface area contributed by atoms with E-state index >= 15 is 0 Å². The van der Waals surface area contributed by atoms with Gasteiger partial charge in [-0.05, 0) is 37.2 Å². The number of rotatable bonds is 7. The minimum Gasteiger partial charge on any atom is -0.306 e. The minimum atomic E-state index is -0.0959. The number of unbranched alkanes of at least 4 members (excludes halogenated alkanes) is 1. The Bertz CT molecular complexity index is 884. The van der Waals surface area contributed by atoms with Crippen LogP contribution >= 0.6 is 0 Å². The first-order valence-corrected chi connectivity index (χ1v) is 9.02. The van der Waals surface area contributed by atoms with Crippen molar-refractivity contribution in [3.05, 3.63) is 64.4 Å². The van der Waals surface area contributed by atoms with Crippen molar-refractivity contribution in [1.29, 1.82) is 0 Å². The Morgan fingerprint density at radius 1 is 1.04 bits per heavy atom. The van der Waals surface area contributed by atoms with Gasteiger partial charge in [-0.3, -0.25) is 9.69 Å². The fraction of sp³-hybridized carbons (Fsp3) is 0.333. The lowest BCUT2D eigenvalue weighted by atomic mass is 10.1. The van der Waals surface area contributed by atoms with Crippen LogP contribution in [0.15, 0.2) is 53.3 Å². The molecule has 0 spiro atoms. The monoisotopic (exact) mass is 335 g/mol. The van der Waals surface area contributed by atoms with Crippen LogP contribution in [0.4, 0.5) is 0 Å². The number of hydrogen-bond donors (Lipinski definition) is 1. The summed E-state index contributed by atoms with van der Waals surface area (Å²) in [4.78, 5) is 22.2. The van der Waals surface area contributed by atoms with E-state index in [0.29, 0.717) is 11.2 Å². The van der Waals surface area contributed by atoms with Gasteiger partial charge in [0.05, 0.1) is 10.9 Å². The van der Waals surface area contributed by atoms with E-state index in [2.05, 4.69) is 40.8 Å². The molecular weight excluding hydrogens is 310 g/mol. The van der Waals surface area contributed by atoms with Crippen LogP contribution in [-0.4, -0.2) is 28.0 Å². The van der Waals surface area contributed by atoms with Crippen LogP contribution < -0.4 is 5.56 Å². The second-order valence-corrected chi connectivity index (χ2v) is 6.35. The van der Waals surface area contributed by atoms with Gasteiger partial charge >= 0.3 is 0 Å². The molecule has 0 fully saturated rings. The molecule has 0 aliphatic rings. The van der Waals surface area contributed by atoms with Gasteiger partial charge in [-0.1, -0.05) is 56.7 Å². The topological polar surface area (TPSA) is 49.0 Å². The number of nitrogens with zero attached hydrogens (tertiary/aromatic N) is 2. The normalized spacial score (nSPS) is 11.3. The predicted molar refractivity (Wildman–Crippen MR) is 104 cm³/mol. The summed E-state index contributed by atoms with van der Waals surface area (Å²) in [6.45, 7) is 7.57. The van der Waals surface area contributed by atoms with Gasteiger partial charge in [-0.25, -0.2) is 4.98 Å². The van der Waals surface area contributed by atoms with Gasteiger partial charge in [0.15, 0.2) is 0 Å². The molecule has 1 aromatic heterocycles. The van der Waals surface area contributed by atoms with Crippen molar-refractivity contribution in [2.24, 2.45) is 0 Å². The second-order valence-electron chi connectivity index (χ2n) is 6.35. The Hall–Kier alpha value is -2.46. The molecule has 0 atom stereocenters. The van der Waals surface area contributed by atoms with Crippen LogP contribution in [0.25, 0.3) is 22.3 Å². The zero-order chi connectivity index (χ0) is 17.6. The number of hydrogen-bond acceptors (Lipinski definition) is 3. The second kappa shape index (κ2) is 8.08. The zero-order valence-corrected chi connectivity index (χ0v) is 15.0. The van der Waals surface area contributed by atoms with E-state index in [1.165, 1.54) is 18.4 Å². The van der Waals surface area contributed by atoms with E-state index < -0.39 is 0 Å². The summed E-state index contributed by atoms with van der Waals surface area (Å²) in [5.74, 6) is 0.619. The molecule has 0 saturated heterocycles. The highest BCUT2D eigenvalue weighted by Gasteiger charge is 2.07. The quantitative estimate of drug-likeness (QED) is 0.703. The highest BCUT2D eigenvalue weighted by molar-refractivity contribution is 5.79. The van der Waals surface area contributed by atoms with E-state index in [0.717, 1.165) is 30.7 Å². The van der Waals surface area contributed by atoms with Gasteiger partial charge in [-0.2, -0.15) is 0 Å². The predicted octanol–water partition coefficient (Wildman–Crippen LogP) is 4.21. The first-order valence-electron chi connectivity index (χ1n) is 9.02. The maximum atomic E-state index is 12.2. The summed E-state index contributed by atoms with van der Waals surface area (Å²) in [6.07, 6.45) is 2.45. The smallest absolute Gasteiger partial charge is 0.259 e. The van der Waals surface area contributed by atoms with E-state index in [9.17, 15) is 4.79 Å². The van der Waals surface area contributed by atoms with Crippen molar-refractivity contribution in [3.8, 4) is 11.4 Å². The maximum absolute atomic E-state index is 12.2. The summed E-state index contributed by atoms with van der Waals surface area (Å²) in [5, 5.41) is 0.623. The van der Waals surface area contributed by atoms with Gasteiger partial charge in [-0.15, -0.1) is 0 Å². The largest absolute Gasteiger partial charge is 0.306 e. The Labute approximate surface area is 148 Å². The van der Waals surface area contributed by atoms with Crippen LogP contribution in [-0.2, 0) is 6.54 Å². The lowest BCUT2D eigenvalue weighted by Crippen LogP contribution is -2.23. The van der Waals surface area contributed by atoms with Crippen molar-refractivity contribution < 1.29 is 0 Å². The Kier molecular flexibility index (Phi) is 5.61. The average Bonchev–Trinajstić information content (AvgIpc) is 2.65. The molecular formula is C21H25N3O. The molecule has 0 bridgehead atoms. The molecule has 4 nitrogen and oxygen atoms in total. The molecule has 2 aromatic carbocycles. The van der Waals surface area contributed by atoms with Crippen LogP contribution in [0.3, 0.4) is 0 Å². The lowest BCUT2D eigenvalue weighted by Gasteiger charge is -2.20. The summed E-state index contributed by atoms with van der Waals surface area (Å²) >= 11 is 0. The molecule has 4 heteroatoms. The molecule has 130 valence electrons. The number of fused-ring (bicyclic) bond motifs is 1. The van der Waals surface area contributed by atoms with Crippen LogP contribution in [0.1, 0.15) is 32.3 Å². The molecule has 0 aliphatic carbocycles. The van der Waals surface area contributed by atoms with Crippen molar-refractivity contribution in [2.45, 2.75) is 33.2 Å². The van der Waals surface area contributed by atoms with Crippen molar-refractivity contribution in [3.63, 3.8) is 0 Å². The number of H-pyrrole nitrogens is 1. The summed E-state index contributed by atoms with van der Waals surface area (Å²) in [5.41, 5.74) is 2.84. The highest BCUT2D eigenvalue weighted by atomic mass is 16.1. The highest BCUT2D eigenvalue weighted by Crippen LogP contribution is 2.18. The van der Waals surface area contributed by atoms with E-state index in [4.69, 9.17) is 0 Å². The third-order valence-electron chi connectivity index (χ3n) is 4.52. The molecule has 3 aromatic rings. The van der Waals surface area contributed by atoms with Crippen molar-refractivity contribution in [1.82, 2.24) is 14.9 Å². The van der Waals surface area contributed by atoms with Crippen molar-refractivity contribution in [2.75, 3.05) is 13.1 Å². The van der Waals surface area contributed by atoms with E-state index in [-0.39, 0.29) is 5.56 Å². The van der Waals surface area contributed by atoms with E-state index in [1.807, 2.05) is 30.3 Å². The Morgan fingerprint density at radius 2 is 1.80 bits per heavy atom. The molecule has 25 heavy (non-hydrogen) atoms. The first kappa shape index (κ1) is 17.4. The molecule has 0 saturated carbocycles. The maximum Gasteiger partial charge on any atom is 0.259 e. The van der Waals surface area contributed by atoms with Crippen LogP contribution in [0.2, 0.25) is 0 Å². The molecule has 0 aliphatic heterocycles. The standard InChI is InChI=1S/C21H25N3O/c1-3-5-14-24(4-2)15-16-10-12-17(13-11-16)20-22-19-9-7-6-8-18(19)21(25)23-20/h6-13H,3-5,14-15H2,1-2H3,(H,22,23,25). The fourth-order valence-electron chi connectivity index (χ4n) is 2.98. The number of nitrogens with one attached hydrogen (secondary N) is 1. The molecule has 0 amide bonds. The van der Waals surface area contributed by atoms with Gasteiger partial charge in [0.25, 0.3) is 5.56 Å². The molecule has 1 N–H and O–H groups in total. The molecule has 0 radical (unpaired) electrons. The summed E-state index contributed by atoms with van der Waals surface area (Å²) < 4.78 is 0. The molecule has 3 rings (SSSR count). The van der Waals surface area contributed by atoms with Gasteiger partial charge in [0.2, 0.25) is 0 Å². The average molecular weight is 335 g/mol. The number of aromatic nitrogens is 2. The van der Waals surface area contributed by atoms with Gasteiger partial charge in [0, 0.05) is 12.1 Å². The van der Waals surface area contributed by atoms with Crippen LogP contribution in [0.5, 0.6) is 0 Å². The Balaban J connectivity index is 1.81. The minimum absolute atomic E-state index is 0.0959. The lowest BCUT2D eigenvalue weighted by molar-refractivity contribution is 0.275. The zero-order valence-electron chi connectivity index (χ0n) is 15.0. The number of aromatic amines is 1. The van der Waals surface area contributed by atoms with Gasteiger partial charge < -0.3 is 4.98 Å². The summed E-state index contributed by atoms with van der Waals surface area (Å²) in [6, 6.07) is 15.7. The van der Waals surface area contributed by atoms with Crippen LogP contribution in [0, 0.1) is 0 Å². The van der Waals surface area contributed by atoms with E-state index in [1.54, 1.807) is 6.07 Å². The fourth-order valence-corrected chi connectivity index (χ4v) is 2.98. The third-order valence-corrected chi connectivity index (χ3v) is 4.52. The number of benzene rings is 2. The first-order chi connectivity index (χ1) is 12.2. The van der Waals surface area contributed by atoms with Gasteiger partial charge in [0.1, 0.15) is 5.82 Å².